The average Bonchev–Trinajstić information content (AvgIpc) is 3.27. The maximum absolute atomic E-state index is 12.9. The summed E-state index contributed by atoms with van der Waals surface area (Å²) in [5.41, 5.74) is 4.95. The summed E-state index contributed by atoms with van der Waals surface area (Å²) in [4.78, 5) is 73.6. The van der Waals surface area contributed by atoms with Gasteiger partial charge in [0, 0.05) is 25.9 Å². The number of aromatic carboxylic acids is 2. The molecule has 2 atom stereocenters. The Morgan fingerprint density at radius 2 is 0.771 bits per heavy atom. The van der Waals surface area contributed by atoms with Crippen molar-refractivity contribution in [2.45, 2.75) is 142 Å². The second kappa shape index (κ2) is 27.2. The van der Waals surface area contributed by atoms with Crippen LogP contribution in [-0.4, -0.2) is 74.8 Å². The van der Waals surface area contributed by atoms with Gasteiger partial charge in [0.15, 0.2) is 5.11 Å². The molecule has 0 bridgehead atoms. The van der Waals surface area contributed by atoms with Gasteiger partial charge >= 0.3 is 24.1 Å². The van der Waals surface area contributed by atoms with Crippen LogP contribution in [0.3, 0.4) is 0 Å². The van der Waals surface area contributed by atoms with Gasteiger partial charge in [-0.1, -0.05) is 72.8 Å². The van der Waals surface area contributed by atoms with E-state index in [1.165, 1.54) is 0 Å². The number of carboxylic acid groups (broad SMARTS) is 2. The van der Waals surface area contributed by atoms with Crippen molar-refractivity contribution in [3.63, 3.8) is 0 Å². The number of carbonyl (C=O) groups excluding carboxylic acids is 4. The van der Waals surface area contributed by atoms with Crippen LogP contribution in [0.25, 0.3) is 0 Å². The summed E-state index contributed by atoms with van der Waals surface area (Å²) in [5, 5.41) is 36.2. The number of benzene rings is 4. The molecule has 17 heteroatoms. The summed E-state index contributed by atoms with van der Waals surface area (Å²) < 4.78 is 11.0. The van der Waals surface area contributed by atoms with Gasteiger partial charge in [-0.05, 0) is 163 Å². The van der Waals surface area contributed by atoms with E-state index < -0.39 is 47.7 Å². The number of nitrogens with one attached hydrogen (secondary N) is 6. The lowest BCUT2D eigenvalue weighted by molar-refractivity contribution is -0.122. The molecule has 4 aromatic rings. The van der Waals surface area contributed by atoms with Crippen molar-refractivity contribution in [2.75, 3.05) is 0 Å². The Balaban J connectivity index is 1.23. The van der Waals surface area contributed by atoms with Crippen molar-refractivity contribution in [3.05, 3.63) is 142 Å². The highest BCUT2D eigenvalue weighted by molar-refractivity contribution is 7.80. The van der Waals surface area contributed by atoms with E-state index in [1.807, 2.05) is 48.5 Å². The largest absolute Gasteiger partial charge is 0.478 e. The van der Waals surface area contributed by atoms with E-state index in [0.29, 0.717) is 64.5 Å². The number of rotatable bonds is 24. The van der Waals surface area contributed by atoms with Crippen molar-refractivity contribution in [3.8, 4) is 0 Å². The monoisotopic (exact) mass is 980 g/mol. The number of carboxylic acids is 2. The van der Waals surface area contributed by atoms with E-state index in [2.05, 4.69) is 31.9 Å². The first-order valence-electron chi connectivity index (χ1n) is 23.5. The molecular formula is C53H68N6O10S. The van der Waals surface area contributed by atoms with Crippen LogP contribution >= 0.6 is 12.2 Å². The highest BCUT2D eigenvalue weighted by atomic mass is 32.1. The molecule has 0 aliphatic rings. The fourth-order valence-electron chi connectivity index (χ4n) is 7.02. The number of alkyl carbamates (subject to hydrolysis) is 2. The van der Waals surface area contributed by atoms with Gasteiger partial charge in [-0.25, -0.2) is 19.2 Å². The fraction of sp³-hybridized carbons (Fsp3) is 0.415. The summed E-state index contributed by atoms with van der Waals surface area (Å²) in [7, 11) is 0. The summed E-state index contributed by atoms with van der Waals surface area (Å²) in [6.45, 7) is 11.2. The van der Waals surface area contributed by atoms with Gasteiger partial charge in [-0.3, -0.25) is 9.59 Å². The minimum absolute atomic E-state index is 0.121. The van der Waals surface area contributed by atoms with Gasteiger partial charge in [0.1, 0.15) is 23.5 Å². The lowest BCUT2D eigenvalue weighted by atomic mass is 10.0. The number of hydrogen-bond acceptors (Lipinski definition) is 9. The molecule has 8 N–H and O–H groups in total. The van der Waals surface area contributed by atoms with E-state index in [-0.39, 0.29) is 40.9 Å². The van der Waals surface area contributed by atoms with Gasteiger partial charge < -0.3 is 51.6 Å². The highest BCUT2D eigenvalue weighted by Gasteiger charge is 2.23. The van der Waals surface area contributed by atoms with Crippen LogP contribution in [0.4, 0.5) is 9.59 Å². The molecule has 0 aliphatic carbocycles. The molecule has 0 radical (unpaired) electrons. The first-order valence-corrected chi connectivity index (χ1v) is 23.9. The van der Waals surface area contributed by atoms with Crippen molar-refractivity contribution in [1.82, 2.24) is 31.9 Å². The van der Waals surface area contributed by atoms with Crippen LogP contribution < -0.4 is 31.9 Å². The Morgan fingerprint density at radius 1 is 0.471 bits per heavy atom. The molecule has 4 aromatic carbocycles. The first kappa shape index (κ1) is 55.6. The van der Waals surface area contributed by atoms with Gasteiger partial charge in [-0.2, -0.15) is 0 Å². The van der Waals surface area contributed by atoms with Crippen LogP contribution in [0.15, 0.2) is 97.1 Å². The minimum atomic E-state index is -0.964. The molecule has 0 spiro atoms. The molecular weight excluding hydrogens is 913 g/mol. The second-order valence-electron chi connectivity index (χ2n) is 19.1. The molecule has 0 aromatic heterocycles. The smallest absolute Gasteiger partial charge is 0.409 e. The molecule has 0 aliphatic heterocycles. The van der Waals surface area contributed by atoms with Crippen molar-refractivity contribution < 1.29 is 48.5 Å². The van der Waals surface area contributed by atoms with Crippen LogP contribution in [0, 0.1) is 0 Å². The third-order valence-corrected chi connectivity index (χ3v) is 10.8. The molecule has 16 nitrogen and oxygen atoms in total. The lowest BCUT2D eigenvalue weighted by Gasteiger charge is -2.28. The van der Waals surface area contributed by atoms with Gasteiger partial charge in [-0.15, -0.1) is 0 Å². The quantitative estimate of drug-likeness (QED) is 0.0187. The summed E-state index contributed by atoms with van der Waals surface area (Å²) >= 11 is 5.67. The summed E-state index contributed by atoms with van der Waals surface area (Å²) in [6, 6.07) is 29.3. The third kappa shape index (κ3) is 22.4. The molecule has 376 valence electrons. The Bertz CT molecular complexity index is 2200. The van der Waals surface area contributed by atoms with Gasteiger partial charge in [0.2, 0.25) is 11.8 Å². The summed E-state index contributed by atoms with van der Waals surface area (Å²) in [5.74, 6) is -2.17. The van der Waals surface area contributed by atoms with Crippen LogP contribution in [0.1, 0.15) is 147 Å². The lowest BCUT2D eigenvalue weighted by Crippen LogP contribution is -2.56. The van der Waals surface area contributed by atoms with E-state index in [9.17, 15) is 28.8 Å². The maximum atomic E-state index is 12.9. The minimum Gasteiger partial charge on any atom is -0.478 e. The predicted octanol–water partition coefficient (Wildman–Crippen LogP) is 8.48. The standard InChI is InChI=1S/C53H68N6O10S/c1-52(2,3)68-50(66)58-43(11-7-9-13-45(60)54-33-39-19-15-35(16-20-39)31-37-23-27-41(28-24-37)47(62)63)56-49(70)57-44(59-51(67)69-53(4,5)6)12-8-10-14-46(61)55-34-40-21-17-36(18-22-40)32-38-25-29-42(30-26-38)48(64)65/h15-30,43-44H,7-14,31-34H2,1-6H3,(H,54,60)(H,55,61)(H,58,66)(H,59,67)(H,62,63)(H,64,65)(H2,56,57,70)/t43-,44-/m1/s1. The van der Waals surface area contributed by atoms with Crippen molar-refractivity contribution in [1.29, 1.82) is 0 Å². The highest BCUT2D eigenvalue weighted by Crippen LogP contribution is 2.16. The van der Waals surface area contributed by atoms with Gasteiger partial charge in [0.25, 0.3) is 0 Å². The average molecular weight is 981 g/mol. The Kier molecular flexibility index (Phi) is 21.6. The predicted molar refractivity (Wildman–Crippen MR) is 271 cm³/mol. The topological polar surface area (TPSA) is 234 Å². The summed E-state index contributed by atoms with van der Waals surface area (Å²) in [6.07, 6.45) is 2.05. The molecule has 0 fully saturated rings. The molecule has 4 rings (SSSR count). The first-order chi connectivity index (χ1) is 33.1. The number of unbranched alkanes of at least 4 members (excludes halogenated alkanes) is 2. The molecule has 0 heterocycles. The fourth-order valence-corrected chi connectivity index (χ4v) is 7.30. The Morgan fingerprint density at radius 3 is 1.07 bits per heavy atom. The van der Waals surface area contributed by atoms with E-state index >= 15 is 0 Å². The molecule has 0 unspecified atom stereocenters. The Labute approximate surface area is 416 Å². The van der Waals surface area contributed by atoms with Gasteiger partial charge in [0.05, 0.1) is 11.1 Å². The second-order valence-corrected chi connectivity index (χ2v) is 19.5. The molecule has 70 heavy (non-hydrogen) atoms. The molecule has 4 amide bonds. The van der Waals surface area contributed by atoms with E-state index in [0.717, 1.165) is 33.4 Å². The number of thiocarbonyl (C=S) groups is 1. The number of ether oxygens (including phenoxy) is 2. The van der Waals surface area contributed by atoms with Crippen LogP contribution in [0.5, 0.6) is 0 Å². The number of amides is 4. The van der Waals surface area contributed by atoms with Crippen molar-refractivity contribution >= 4 is 53.3 Å². The maximum Gasteiger partial charge on any atom is 0.409 e. The Hall–Kier alpha value is -7.01. The SMILES string of the molecule is CC(C)(C)OC(=O)N[C@H](CCCCC(=O)NCc1ccc(Cc2ccc(C(=O)O)cc2)cc1)NC(=S)N[C@@H](CCCCC(=O)NCc1ccc(Cc2ccc(C(=O)O)cc2)cc1)NC(=O)OC(C)(C)C. The zero-order valence-electron chi connectivity index (χ0n) is 40.9. The number of hydrogen-bond donors (Lipinski definition) is 8. The zero-order valence-corrected chi connectivity index (χ0v) is 41.8. The number of carbonyl (C=O) groups is 6. The zero-order chi connectivity index (χ0) is 51.3. The third-order valence-electron chi connectivity index (χ3n) is 10.5. The van der Waals surface area contributed by atoms with Crippen LogP contribution in [0.2, 0.25) is 0 Å². The van der Waals surface area contributed by atoms with E-state index in [4.69, 9.17) is 31.9 Å². The van der Waals surface area contributed by atoms with Crippen LogP contribution in [-0.2, 0) is 45.0 Å². The molecule has 0 saturated carbocycles. The van der Waals surface area contributed by atoms with E-state index in [1.54, 1.807) is 90.1 Å². The normalized spacial score (nSPS) is 12.1. The van der Waals surface area contributed by atoms with Crippen molar-refractivity contribution in [2.24, 2.45) is 0 Å². The molecule has 0 saturated heterocycles.